The van der Waals surface area contributed by atoms with Gasteiger partial charge in [0.25, 0.3) is 0 Å². The summed E-state index contributed by atoms with van der Waals surface area (Å²) in [5.74, 6) is 0.547. The van der Waals surface area contributed by atoms with E-state index >= 15 is 0 Å². The summed E-state index contributed by atoms with van der Waals surface area (Å²) in [6.45, 7) is 0. The minimum Gasteiger partial charge on any atom is -0.410 e. The first kappa shape index (κ1) is 12.8. The van der Waals surface area contributed by atoms with Crippen LogP contribution in [0.3, 0.4) is 0 Å². The van der Waals surface area contributed by atoms with Gasteiger partial charge >= 0.3 is 6.09 Å². The molecule has 16 heavy (non-hydrogen) atoms. The molecule has 0 aliphatic heterocycles. The number of halogens is 1. The predicted molar refractivity (Wildman–Crippen MR) is 64.0 cm³/mol. The number of amides is 1. The predicted octanol–water partition coefficient (Wildman–Crippen LogP) is 1.77. The lowest BCUT2D eigenvalue weighted by atomic mass is 10.1. The Hall–Kier alpha value is -1.26. The highest BCUT2D eigenvalue weighted by Crippen LogP contribution is 2.31. The average molecular weight is 243 g/mol. The third-order valence-corrected chi connectivity index (χ3v) is 2.66. The molecule has 0 spiro atoms. The van der Waals surface area contributed by atoms with Crippen LogP contribution in [0.15, 0.2) is 18.2 Å². The van der Waals surface area contributed by atoms with Gasteiger partial charge in [0.05, 0.1) is 0 Å². The van der Waals surface area contributed by atoms with E-state index in [4.69, 9.17) is 10.5 Å². The van der Waals surface area contributed by atoms with Crippen LogP contribution < -0.4 is 15.8 Å². The first-order chi connectivity index (χ1) is 7.20. The Morgan fingerprint density at radius 1 is 1.56 bits per heavy atom. The van der Waals surface area contributed by atoms with Crippen molar-refractivity contribution in [3.8, 4) is 5.75 Å². The molecule has 0 heterocycles. The zero-order valence-electron chi connectivity index (χ0n) is 9.03. The molecule has 1 aromatic carbocycles. The van der Waals surface area contributed by atoms with Crippen molar-refractivity contribution in [2.24, 2.45) is 5.73 Å². The second-order valence-electron chi connectivity index (χ2n) is 3.65. The third-order valence-electron chi connectivity index (χ3n) is 2.66. The number of hydrogen-bond donors (Lipinski definition) is 2. The molecule has 88 valence electrons. The summed E-state index contributed by atoms with van der Waals surface area (Å²) in [6, 6.07) is 5.70. The van der Waals surface area contributed by atoms with Crippen LogP contribution >= 0.6 is 12.4 Å². The Kier molecular flexibility index (Phi) is 4.15. The lowest BCUT2D eigenvalue weighted by Gasteiger charge is -2.08. The average Bonchev–Trinajstić information content (AvgIpc) is 2.60. The van der Waals surface area contributed by atoms with E-state index < -0.39 is 6.09 Å². The molecule has 1 aliphatic carbocycles. The summed E-state index contributed by atoms with van der Waals surface area (Å²) in [7, 11) is 1.53. The zero-order chi connectivity index (χ0) is 10.8. The summed E-state index contributed by atoms with van der Waals surface area (Å²) in [5.41, 5.74) is 8.27. The van der Waals surface area contributed by atoms with Gasteiger partial charge in [0, 0.05) is 13.1 Å². The molecular formula is C11H15ClN2O2. The Morgan fingerprint density at radius 2 is 2.31 bits per heavy atom. The Morgan fingerprint density at radius 3 is 3.00 bits per heavy atom. The number of benzene rings is 1. The van der Waals surface area contributed by atoms with Gasteiger partial charge in [-0.2, -0.15) is 0 Å². The van der Waals surface area contributed by atoms with Crippen LogP contribution in [0, 0.1) is 0 Å². The van der Waals surface area contributed by atoms with E-state index in [1.165, 1.54) is 12.6 Å². The number of fused-ring (bicyclic) bond motifs is 1. The maximum atomic E-state index is 11.0. The molecule has 5 heteroatoms. The molecule has 0 radical (unpaired) electrons. The SMILES string of the molecule is CNC(=O)Oc1ccc2c(c1)[C@H](N)CC2.Cl. The maximum Gasteiger partial charge on any atom is 0.412 e. The molecule has 0 unspecified atom stereocenters. The molecule has 1 atom stereocenters. The topological polar surface area (TPSA) is 64.3 Å². The monoisotopic (exact) mass is 242 g/mol. The molecule has 1 aromatic rings. The fraction of sp³-hybridized carbons (Fsp3) is 0.364. The van der Waals surface area contributed by atoms with E-state index in [1.807, 2.05) is 12.1 Å². The molecule has 1 amide bonds. The van der Waals surface area contributed by atoms with Crippen molar-refractivity contribution in [2.45, 2.75) is 18.9 Å². The van der Waals surface area contributed by atoms with Gasteiger partial charge in [-0.25, -0.2) is 4.79 Å². The van der Waals surface area contributed by atoms with Crippen LogP contribution in [0.2, 0.25) is 0 Å². The molecule has 1 aliphatic rings. The van der Waals surface area contributed by atoms with Crippen LogP contribution in [-0.2, 0) is 6.42 Å². The highest BCUT2D eigenvalue weighted by Gasteiger charge is 2.19. The zero-order valence-corrected chi connectivity index (χ0v) is 9.84. The van der Waals surface area contributed by atoms with Gasteiger partial charge in [0.2, 0.25) is 0 Å². The fourth-order valence-electron chi connectivity index (χ4n) is 1.83. The minimum absolute atomic E-state index is 0. The standard InChI is InChI=1S/C11H14N2O2.ClH/c1-13-11(14)15-8-4-2-7-3-5-10(12)9(7)6-8;/h2,4,6,10H,3,5,12H2,1H3,(H,13,14);1H/t10-;/m1./s1. The summed E-state index contributed by atoms with van der Waals surface area (Å²) in [4.78, 5) is 11.0. The number of nitrogens with one attached hydrogen (secondary N) is 1. The molecule has 0 saturated carbocycles. The number of aryl methyl sites for hydroxylation is 1. The van der Waals surface area contributed by atoms with Crippen LogP contribution in [0.25, 0.3) is 0 Å². The van der Waals surface area contributed by atoms with Gasteiger partial charge in [-0.1, -0.05) is 6.07 Å². The Bertz CT molecular complexity index is 396. The van der Waals surface area contributed by atoms with Gasteiger partial charge in [-0.05, 0) is 36.1 Å². The van der Waals surface area contributed by atoms with Gasteiger partial charge < -0.3 is 15.8 Å². The van der Waals surface area contributed by atoms with Crippen molar-refractivity contribution >= 4 is 18.5 Å². The molecular weight excluding hydrogens is 228 g/mol. The van der Waals surface area contributed by atoms with E-state index in [1.54, 1.807) is 6.07 Å². The smallest absolute Gasteiger partial charge is 0.410 e. The van der Waals surface area contributed by atoms with Crippen molar-refractivity contribution in [2.75, 3.05) is 7.05 Å². The molecule has 3 N–H and O–H groups in total. The molecule has 0 aromatic heterocycles. The molecule has 2 rings (SSSR count). The summed E-state index contributed by atoms with van der Waals surface area (Å²) in [6.07, 6.45) is 1.52. The van der Waals surface area contributed by atoms with Gasteiger partial charge in [-0.15, -0.1) is 12.4 Å². The quantitative estimate of drug-likeness (QED) is 0.789. The van der Waals surface area contributed by atoms with Crippen LogP contribution in [0.1, 0.15) is 23.6 Å². The second kappa shape index (κ2) is 5.18. The molecule has 0 saturated heterocycles. The van der Waals surface area contributed by atoms with Crippen LogP contribution in [-0.4, -0.2) is 13.1 Å². The summed E-state index contributed by atoms with van der Waals surface area (Å²) < 4.78 is 5.03. The number of nitrogens with two attached hydrogens (primary N) is 1. The van der Waals surface area contributed by atoms with Crippen molar-refractivity contribution in [3.05, 3.63) is 29.3 Å². The first-order valence-corrected chi connectivity index (χ1v) is 4.98. The van der Waals surface area contributed by atoms with Crippen molar-refractivity contribution in [1.29, 1.82) is 0 Å². The highest BCUT2D eigenvalue weighted by molar-refractivity contribution is 5.85. The Balaban J connectivity index is 0.00000128. The fourth-order valence-corrected chi connectivity index (χ4v) is 1.83. The third kappa shape index (κ3) is 2.46. The van der Waals surface area contributed by atoms with E-state index in [-0.39, 0.29) is 18.4 Å². The van der Waals surface area contributed by atoms with Crippen molar-refractivity contribution < 1.29 is 9.53 Å². The van der Waals surface area contributed by atoms with Gasteiger partial charge in [-0.3, -0.25) is 0 Å². The number of carbonyl (C=O) groups excluding carboxylic acids is 1. The number of ether oxygens (including phenoxy) is 1. The van der Waals surface area contributed by atoms with Crippen molar-refractivity contribution in [1.82, 2.24) is 5.32 Å². The van der Waals surface area contributed by atoms with Crippen molar-refractivity contribution in [3.63, 3.8) is 0 Å². The minimum atomic E-state index is -0.457. The lowest BCUT2D eigenvalue weighted by molar-refractivity contribution is 0.203. The van der Waals surface area contributed by atoms with E-state index in [9.17, 15) is 4.79 Å². The largest absolute Gasteiger partial charge is 0.412 e. The second-order valence-corrected chi connectivity index (χ2v) is 3.65. The number of carbonyl (C=O) groups is 1. The highest BCUT2D eigenvalue weighted by atomic mass is 35.5. The van der Waals surface area contributed by atoms with Gasteiger partial charge in [0.15, 0.2) is 0 Å². The van der Waals surface area contributed by atoms with Crippen LogP contribution in [0.5, 0.6) is 5.75 Å². The maximum absolute atomic E-state index is 11.0. The molecule has 4 nitrogen and oxygen atoms in total. The van der Waals surface area contributed by atoms with E-state index in [2.05, 4.69) is 5.32 Å². The lowest BCUT2D eigenvalue weighted by Crippen LogP contribution is -2.22. The van der Waals surface area contributed by atoms with E-state index in [0.717, 1.165) is 18.4 Å². The summed E-state index contributed by atoms with van der Waals surface area (Å²) in [5, 5.41) is 2.40. The summed E-state index contributed by atoms with van der Waals surface area (Å²) >= 11 is 0. The van der Waals surface area contributed by atoms with E-state index in [0.29, 0.717) is 5.75 Å². The molecule has 0 fully saturated rings. The van der Waals surface area contributed by atoms with Crippen LogP contribution in [0.4, 0.5) is 4.79 Å². The normalized spacial score (nSPS) is 17.2. The Labute approximate surface area is 101 Å². The number of rotatable bonds is 1. The van der Waals surface area contributed by atoms with Gasteiger partial charge in [0.1, 0.15) is 5.75 Å². The first-order valence-electron chi connectivity index (χ1n) is 4.98. The number of hydrogen-bond acceptors (Lipinski definition) is 3. The molecule has 0 bridgehead atoms.